The molecule has 7 heteroatoms. The van der Waals surface area contributed by atoms with Crippen LogP contribution in [0.1, 0.15) is 34.7 Å². The van der Waals surface area contributed by atoms with Gasteiger partial charge in [-0.2, -0.15) is 0 Å². The Balaban J connectivity index is 1.38. The Kier molecular flexibility index (Phi) is 6.49. The summed E-state index contributed by atoms with van der Waals surface area (Å²) in [5, 5.41) is 0.585. The first-order chi connectivity index (χ1) is 14.9. The van der Waals surface area contributed by atoms with Crippen molar-refractivity contribution in [2.45, 2.75) is 18.8 Å². The number of hydrogen-bond donors (Lipinski definition) is 0. The molecule has 0 saturated carbocycles. The number of carbonyl (C=O) groups is 2. The SMILES string of the molecule is CN(C)C(=O)c1cc(Cl)ccc1C1CCN(CCN2C(=O)COc3ccccc32)CC1. The predicted octanol–water partition coefficient (Wildman–Crippen LogP) is 3.65. The van der Waals surface area contributed by atoms with E-state index in [-0.39, 0.29) is 18.4 Å². The Labute approximate surface area is 188 Å². The summed E-state index contributed by atoms with van der Waals surface area (Å²) in [6, 6.07) is 13.3. The molecular weight excluding hydrogens is 414 g/mol. The summed E-state index contributed by atoms with van der Waals surface area (Å²) in [6.07, 6.45) is 1.95. The van der Waals surface area contributed by atoms with Crippen LogP contribution in [-0.4, -0.2) is 68.5 Å². The van der Waals surface area contributed by atoms with Crippen LogP contribution in [-0.2, 0) is 4.79 Å². The molecule has 1 saturated heterocycles. The van der Waals surface area contributed by atoms with Crippen molar-refractivity contribution in [3.05, 3.63) is 58.6 Å². The van der Waals surface area contributed by atoms with Gasteiger partial charge < -0.3 is 19.4 Å². The molecule has 0 unspecified atom stereocenters. The van der Waals surface area contributed by atoms with Gasteiger partial charge in [-0.15, -0.1) is 0 Å². The highest BCUT2D eigenvalue weighted by Crippen LogP contribution is 2.33. The zero-order chi connectivity index (χ0) is 22.0. The lowest BCUT2D eigenvalue weighted by Gasteiger charge is -2.35. The van der Waals surface area contributed by atoms with Crippen molar-refractivity contribution in [1.29, 1.82) is 0 Å². The van der Waals surface area contributed by atoms with Crippen LogP contribution in [0.4, 0.5) is 5.69 Å². The Bertz CT molecular complexity index is 970. The summed E-state index contributed by atoms with van der Waals surface area (Å²) in [5.74, 6) is 1.09. The summed E-state index contributed by atoms with van der Waals surface area (Å²) >= 11 is 6.17. The maximum absolute atomic E-state index is 12.6. The third-order valence-electron chi connectivity index (χ3n) is 6.13. The Hall–Kier alpha value is -2.57. The topological polar surface area (TPSA) is 53.1 Å². The van der Waals surface area contributed by atoms with E-state index in [1.807, 2.05) is 41.3 Å². The van der Waals surface area contributed by atoms with E-state index >= 15 is 0 Å². The lowest BCUT2D eigenvalue weighted by molar-refractivity contribution is -0.121. The van der Waals surface area contributed by atoms with E-state index in [2.05, 4.69) is 4.90 Å². The summed E-state index contributed by atoms with van der Waals surface area (Å²) in [4.78, 5) is 30.9. The van der Waals surface area contributed by atoms with Gasteiger partial charge in [-0.05, 0) is 61.7 Å². The number of fused-ring (bicyclic) bond motifs is 1. The van der Waals surface area contributed by atoms with Gasteiger partial charge in [0.15, 0.2) is 6.61 Å². The van der Waals surface area contributed by atoms with Crippen molar-refractivity contribution < 1.29 is 14.3 Å². The number of likely N-dealkylation sites (tertiary alicyclic amines) is 1. The zero-order valence-electron chi connectivity index (χ0n) is 18.0. The quantitative estimate of drug-likeness (QED) is 0.710. The Morgan fingerprint density at radius 2 is 1.87 bits per heavy atom. The molecule has 6 nitrogen and oxygen atoms in total. The molecule has 0 N–H and O–H groups in total. The molecule has 0 radical (unpaired) electrons. The predicted molar refractivity (Wildman–Crippen MR) is 122 cm³/mol. The van der Waals surface area contributed by atoms with Gasteiger partial charge in [0.2, 0.25) is 0 Å². The van der Waals surface area contributed by atoms with Gasteiger partial charge >= 0.3 is 0 Å². The maximum Gasteiger partial charge on any atom is 0.265 e. The number of piperidine rings is 1. The average Bonchev–Trinajstić information content (AvgIpc) is 2.78. The Morgan fingerprint density at radius 1 is 1.13 bits per heavy atom. The molecule has 31 heavy (non-hydrogen) atoms. The van der Waals surface area contributed by atoms with Crippen molar-refractivity contribution in [2.24, 2.45) is 0 Å². The van der Waals surface area contributed by atoms with Gasteiger partial charge in [-0.25, -0.2) is 0 Å². The van der Waals surface area contributed by atoms with Crippen molar-refractivity contribution in [1.82, 2.24) is 9.80 Å². The molecule has 0 atom stereocenters. The first-order valence-corrected chi connectivity index (χ1v) is 11.1. The highest BCUT2D eigenvalue weighted by Gasteiger charge is 2.28. The Morgan fingerprint density at radius 3 is 2.61 bits per heavy atom. The molecular formula is C24H28ClN3O3. The first-order valence-electron chi connectivity index (χ1n) is 10.7. The molecule has 2 aliphatic rings. The van der Waals surface area contributed by atoms with Gasteiger partial charge in [0.25, 0.3) is 11.8 Å². The molecule has 0 aliphatic carbocycles. The fraction of sp³-hybridized carbons (Fsp3) is 0.417. The largest absolute Gasteiger partial charge is 0.482 e. The number of para-hydroxylation sites is 2. The zero-order valence-corrected chi connectivity index (χ0v) is 18.8. The monoisotopic (exact) mass is 441 g/mol. The van der Waals surface area contributed by atoms with Crippen molar-refractivity contribution >= 4 is 29.1 Å². The molecule has 2 aliphatic heterocycles. The van der Waals surface area contributed by atoms with Crippen LogP contribution in [0.5, 0.6) is 5.75 Å². The molecule has 2 amide bonds. The van der Waals surface area contributed by atoms with Crippen LogP contribution < -0.4 is 9.64 Å². The van der Waals surface area contributed by atoms with E-state index in [1.54, 1.807) is 25.1 Å². The second-order valence-electron chi connectivity index (χ2n) is 8.35. The third-order valence-corrected chi connectivity index (χ3v) is 6.36. The number of rotatable bonds is 5. The third kappa shape index (κ3) is 4.70. The highest BCUT2D eigenvalue weighted by atomic mass is 35.5. The fourth-order valence-corrected chi connectivity index (χ4v) is 4.59. The second kappa shape index (κ2) is 9.28. The standard InChI is InChI=1S/C24H28ClN3O3/c1-26(2)24(30)20-15-18(25)7-8-19(20)17-9-11-27(12-10-17)13-14-28-21-5-3-4-6-22(21)31-16-23(28)29/h3-8,15,17H,9-14,16H2,1-2H3. The van der Waals surface area contributed by atoms with Crippen molar-refractivity contribution in [2.75, 3.05) is 51.8 Å². The van der Waals surface area contributed by atoms with Crippen LogP contribution >= 0.6 is 11.6 Å². The van der Waals surface area contributed by atoms with Gasteiger partial charge in [-0.1, -0.05) is 29.8 Å². The molecule has 0 bridgehead atoms. The van der Waals surface area contributed by atoms with Crippen LogP contribution in [0.25, 0.3) is 0 Å². The minimum absolute atomic E-state index is 0.00147. The number of carbonyl (C=O) groups excluding carboxylic acids is 2. The van der Waals surface area contributed by atoms with Gasteiger partial charge in [0.05, 0.1) is 5.69 Å². The van der Waals surface area contributed by atoms with E-state index in [1.165, 1.54) is 0 Å². The second-order valence-corrected chi connectivity index (χ2v) is 8.79. The molecule has 4 rings (SSSR count). The van der Waals surface area contributed by atoms with Crippen LogP contribution in [0.3, 0.4) is 0 Å². The van der Waals surface area contributed by atoms with E-state index in [0.717, 1.165) is 49.5 Å². The molecule has 0 aromatic heterocycles. The van der Waals surface area contributed by atoms with E-state index in [9.17, 15) is 9.59 Å². The van der Waals surface area contributed by atoms with E-state index < -0.39 is 0 Å². The highest BCUT2D eigenvalue weighted by molar-refractivity contribution is 6.31. The molecule has 1 fully saturated rings. The summed E-state index contributed by atoms with van der Waals surface area (Å²) < 4.78 is 5.53. The van der Waals surface area contributed by atoms with E-state index in [0.29, 0.717) is 23.0 Å². The van der Waals surface area contributed by atoms with Gasteiger partial charge in [0, 0.05) is 37.8 Å². The molecule has 2 heterocycles. The van der Waals surface area contributed by atoms with Crippen LogP contribution in [0.15, 0.2) is 42.5 Å². The first kappa shape index (κ1) is 21.7. The molecule has 0 spiro atoms. The number of halogens is 1. The number of nitrogens with zero attached hydrogens (tertiary/aromatic N) is 3. The van der Waals surface area contributed by atoms with Gasteiger partial charge in [0.1, 0.15) is 5.75 Å². The number of hydrogen-bond acceptors (Lipinski definition) is 4. The number of anilines is 1. The minimum Gasteiger partial charge on any atom is -0.482 e. The number of ether oxygens (including phenoxy) is 1. The lowest BCUT2D eigenvalue weighted by atomic mass is 9.86. The lowest BCUT2D eigenvalue weighted by Crippen LogP contribution is -2.45. The van der Waals surface area contributed by atoms with Gasteiger partial charge in [-0.3, -0.25) is 9.59 Å². The number of amides is 2. The van der Waals surface area contributed by atoms with Crippen molar-refractivity contribution in [3.8, 4) is 5.75 Å². The van der Waals surface area contributed by atoms with Crippen molar-refractivity contribution in [3.63, 3.8) is 0 Å². The molecule has 2 aromatic rings. The molecule has 2 aromatic carbocycles. The minimum atomic E-state index is -0.00979. The average molecular weight is 442 g/mol. The van der Waals surface area contributed by atoms with Crippen LogP contribution in [0, 0.1) is 0 Å². The van der Waals surface area contributed by atoms with E-state index in [4.69, 9.17) is 16.3 Å². The van der Waals surface area contributed by atoms with Crippen LogP contribution in [0.2, 0.25) is 5.02 Å². The summed E-state index contributed by atoms with van der Waals surface area (Å²) in [5.41, 5.74) is 2.63. The maximum atomic E-state index is 12.6. The summed E-state index contributed by atoms with van der Waals surface area (Å²) in [6.45, 7) is 3.43. The number of benzene rings is 2. The summed E-state index contributed by atoms with van der Waals surface area (Å²) in [7, 11) is 3.53. The fourth-order valence-electron chi connectivity index (χ4n) is 4.42. The normalized spacial score (nSPS) is 17.3. The molecule has 164 valence electrons. The smallest absolute Gasteiger partial charge is 0.265 e.